The number of fused-ring (bicyclic) bond motifs is 1. The Kier molecular flexibility index (Phi) is 6.95. The molecule has 6 nitrogen and oxygen atoms in total. The quantitative estimate of drug-likeness (QED) is 0.416. The van der Waals surface area contributed by atoms with Crippen molar-refractivity contribution in [3.63, 3.8) is 0 Å². The lowest BCUT2D eigenvalue weighted by atomic mass is 9.84. The Labute approximate surface area is 205 Å². The highest BCUT2D eigenvalue weighted by atomic mass is 32.1. The van der Waals surface area contributed by atoms with Gasteiger partial charge in [-0.15, -0.1) is 11.3 Å². The van der Waals surface area contributed by atoms with Gasteiger partial charge in [0.15, 0.2) is 5.78 Å². The summed E-state index contributed by atoms with van der Waals surface area (Å²) < 4.78 is 1.08. The van der Waals surface area contributed by atoms with Crippen LogP contribution in [0, 0.1) is 5.92 Å². The monoisotopic (exact) mass is 478 g/mol. The molecule has 34 heavy (non-hydrogen) atoms. The Bertz CT molecular complexity index is 1130. The first kappa shape index (κ1) is 23.4. The van der Waals surface area contributed by atoms with Gasteiger partial charge in [-0.1, -0.05) is 24.3 Å². The molecule has 0 bridgehead atoms. The largest absolute Gasteiger partial charge is 0.390 e. The maximum Gasteiger partial charge on any atom is 0.163 e. The molecule has 2 fully saturated rings. The lowest BCUT2D eigenvalue weighted by Crippen LogP contribution is -2.36. The SMILES string of the molecule is CC1(O)CCC(Nc2nc(Cc3ccc(C(=O)CC4CCNCC4)cc3)nc3ccsc23)CC1. The number of hydrogen-bond acceptors (Lipinski definition) is 7. The Morgan fingerprint density at radius 1 is 1.12 bits per heavy atom. The second-order valence-corrected chi connectivity index (χ2v) is 11.1. The van der Waals surface area contributed by atoms with E-state index in [4.69, 9.17) is 9.97 Å². The molecular formula is C27H34N4O2S. The van der Waals surface area contributed by atoms with Crippen molar-refractivity contribution >= 4 is 33.2 Å². The number of benzene rings is 1. The fraction of sp³-hybridized carbons (Fsp3) is 0.519. The molecule has 0 atom stereocenters. The molecule has 0 amide bonds. The molecule has 0 radical (unpaired) electrons. The van der Waals surface area contributed by atoms with E-state index in [0.29, 0.717) is 24.8 Å². The first-order valence-corrected chi connectivity index (χ1v) is 13.4. The van der Waals surface area contributed by atoms with Crippen molar-refractivity contribution in [1.82, 2.24) is 15.3 Å². The number of thiophene rings is 1. The molecule has 3 heterocycles. The van der Waals surface area contributed by atoms with Crippen LogP contribution < -0.4 is 10.6 Å². The summed E-state index contributed by atoms with van der Waals surface area (Å²) in [7, 11) is 0. The van der Waals surface area contributed by atoms with E-state index in [-0.39, 0.29) is 5.78 Å². The van der Waals surface area contributed by atoms with Gasteiger partial charge < -0.3 is 15.7 Å². The fourth-order valence-electron chi connectivity index (χ4n) is 5.12. The lowest BCUT2D eigenvalue weighted by Gasteiger charge is -2.33. The maximum absolute atomic E-state index is 12.7. The van der Waals surface area contributed by atoms with Crippen LogP contribution in [-0.4, -0.2) is 45.6 Å². The van der Waals surface area contributed by atoms with Crippen molar-refractivity contribution in [3.05, 3.63) is 52.7 Å². The third kappa shape index (κ3) is 5.65. The molecule has 2 aromatic heterocycles. The van der Waals surface area contributed by atoms with Crippen LogP contribution in [0.1, 0.15) is 73.6 Å². The first-order chi connectivity index (χ1) is 16.4. The molecule has 1 aliphatic carbocycles. The second kappa shape index (κ2) is 10.1. The molecule has 180 valence electrons. The van der Waals surface area contributed by atoms with E-state index in [1.165, 1.54) is 0 Å². The van der Waals surface area contributed by atoms with Crippen molar-refractivity contribution in [2.75, 3.05) is 18.4 Å². The van der Waals surface area contributed by atoms with Gasteiger partial charge in [0.2, 0.25) is 0 Å². The highest BCUT2D eigenvalue weighted by Gasteiger charge is 2.29. The van der Waals surface area contributed by atoms with Crippen LogP contribution in [0.5, 0.6) is 0 Å². The third-order valence-corrected chi connectivity index (χ3v) is 8.23. The Hall–Kier alpha value is -2.35. The van der Waals surface area contributed by atoms with Crippen molar-refractivity contribution < 1.29 is 9.90 Å². The maximum atomic E-state index is 12.7. The summed E-state index contributed by atoms with van der Waals surface area (Å²) in [5.74, 6) is 2.42. The van der Waals surface area contributed by atoms with E-state index in [9.17, 15) is 9.90 Å². The zero-order valence-corrected chi connectivity index (χ0v) is 20.7. The number of carbonyl (C=O) groups excluding carboxylic acids is 1. The van der Waals surface area contributed by atoms with Gasteiger partial charge in [-0.2, -0.15) is 0 Å². The number of anilines is 1. The van der Waals surface area contributed by atoms with Crippen molar-refractivity contribution in [3.8, 4) is 0 Å². The van der Waals surface area contributed by atoms with Crippen LogP contribution in [0.3, 0.4) is 0 Å². The van der Waals surface area contributed by atoms with E-state index >= 15 is 0 Å². The third-order valence-electron chi connectivity index (χ3n) is 7.32. The number of rotatable bonds is 7. The Balaban J connectivity index is 1.27. The Morgan fingerprint density at radius 2 is 1.85 bits per heavy atom. The van der Waals surface area contributed by atoms with Crippen molar-refractivity contribution in [1.29, 1.82) is 0 Å². The molecule has 0 unspecified atom stereocenters. The molecule has 0 spiro atoms. The summed E-state index contributed by atoms with van der Waals surface area (Å²) in [6.07, 6.45) is 6.93. The van der Waals surface area contributed by atoms with Gasteiger partial charge in [-0.3, -0.25) is 4.79 Å². The predicted molar refractivity (Wildman–Crippen MR) is 138 cm³/mol. The normalized spacial score (nSPS) is 23.8. The number of piperidine rings is 1. The summed E-state index contributed by atoms with van der Waals surface area (Å²) in [4.78, 5) is 22.4. The summed E-state index contributed by atoms with van der Waals surface area (Å²) >= 11 is 1.66. The molecule has 1 aromatic carbocycles. The number of nitrogens with zero attached hydrogens (tertiary/aromatic N) is 2. The number of nitrogens with one attached hydrogen (secondary N) is 2. The zero-order valence-electron chi connectivity index (χ0n) is 19.8. The second-order valence-electron chi connectivity index (χ2n) is 10.2. The number of hydrogen-bond donors (Lipinski definition) is 3. The summed E-state index contributed by atoms with van der Waals surface area (Å²) in [6, 6.07) is 10.3. The zero-order chi connectivity index (χ0) is 23.5. The molecule has 1 saturated heterocycles. The topological polar surface area (TPSA) is 87.1 Å². The standard InChI is InChI=1S/C27H34N4O2S/c1-27(33)11-6-21(7-12-27)29-26-25-22(10-15-34-25)30-24(31-26)17-18-2-4-20(5-3-18)23(32)16-19-8-13-28-14-9-19/h2-5,10,15,19,21,28,33H,6-9,11-14,16-17H2,1H3,(H,29,30,31). The minimum Gasteiger partial charge on any atom is -0.390 e. The van der Waals surface area contributed by atoms with Gasteiger partial charge in [0.05, 0.1) is 15.8 Å². The van der Waals surface area contributed by atoms with Crippen molar-refractivity contribution in [2.45, 2.75) is 69.9 Å². The highest BCUT2D eigenvalue weighted by Crippen LogP contribution is 2.32. The molecule has 3 N–H and O–H groups in total. The molecule has 7 heteroatoms. The average molecular weight is 479 g/mol. The van der Waals surface area contributed by atoms with Crippen molar-refractivity contribution in [2.24, 2.45) is 5.92 Å². The first-order valence-electron chi connectivity index (χ1n) is 12.5. The smallest absolute Gasteiger partial charge is 0.163 e. The van der Waals surface area contributed by atoms with Crippen LogP contribution in [0.15, 0.2) is 35.7 Å². The Morgan fingerprint density at radius 3 is 2.59 bits per heavy atom. The molecular weight excluding hydrogens is 444 g/mol. The van der Waals surface area contributed by atoms with Crippen LogP contribution in [0.2, 0.25) is 0 Å². The van der Waals surface area contributed by atoms with Crippen LogP contribution in [0.25, 0.3) is 10.2 Å². The van der Waals surface area contributed by atoms with Gasteiger partial charge in [0.1, 0.15) is 11.6 Å². The molecule has 5 rings (SSSR count). The molecule has 1 saturated carbocycles. The number of ketones is 1. The van der Waals surface area contributed by atoms with Crippen LogP contribution in [0.4, 0.5) is 5.82 Å². The van der Waals surface area contributed by atoms with Gasteiger partial charge in [0.25, 0.3) is 0 Å². The van der Waals surface area contributed by atoms with E-state index < -0.39 is 5.60 Å². The van der Waals surface area contributed by atoms with Gasteiger partial charge in [0, 0.05) is 24.4 Å². The minimum atomic E-state index is -0.547. The van der Waals surface area contributed by atoms with E-state index in [0.717, 1.165) is 84.6 Å². The number of carbonyl (C=O) groups is 1. The summed E-state index contributed by atoms with van der Waals surface area (Å²) in [5.41, 5.74) is 2.32. The molecule has 3 aromatic rings. The predicted octanol–water partition coefficient (Wildman–Crippen LogP) is 4.96. The van der Waals surface area contributed by atoms with Crippen LogP contribution >= 0.6 is 11.3 Å². The van der Waals surface area contributed by atoms with E-state index in [2.05, 4.69) is 16.0 Å². The van der Waals surface area contributed by atoms with E-state index in [1.54, 1.807) is 11.3 Å². The number of aromatic nitrogens is 2. The summed E-state index contributed by atoms with van der Waals surface area (Å²) in [5, 5.41) is 19.3. The van der Waals surface area contributed by atoms with Gasteiger partial charge in [-0.05, 0) is 81.5 Å². The number of aliphatic hydroxyl groups is 1. The van der Waals surface area contributed by atoms with Gasteiger partial charge >= 0.3 is 0 Å². The minimum absolute atomic E-state index is 0.243. The molecule has 2 aliphatic rings. The highest BCUT2D eigenvalue weighted by molar-refractivity contribution is 7.17. The number of Topliss-reactive ketones (excluding diaryl/α,β-unsaturated/α-hetero) is 1. The van der Waals surface area contributed by atoms with Crippen LogP contribution in [-0.2, 0) is 6.42 Å². The average Bonchev–Trinajstić information content (AvgIpc) is 3.31. The van der Waals surface area contributed by atoms with Gasteiger partial charge in [-0.25, -0.2) is 9.97 Å². The summed E-state index contributed by atoms with van der Waals surface area (Å²) in [6.45, 7) is 3.96. The lowest BCUT2D eigenvalue weighted by molar-refractivity contribution is 0.0196. The molecule has 1 aliphatic heterocycles. The fourth-order valence-corrected chi connectivity index (χ4v) is 5.91. The van der Waals surface area contributed by atoms with E-state index in [1.807, 2.05) is 37.3 Å².